The van der Waals surface area contributed by atoms with E-state index in [1.165, 1.54) is 24.4 Å². The fraction of sp³-hybridized carbons (Fsp3) is 0.375. The highest BCUT2D eigenvalue weighted by Gasteiger charge is 2.34. The number of nitrogens with one attached hydrogen (secondary N) is 1. The van der Waals surface area contributed by atoms with E-state index in [0.29, 0.717) is 12.2 Å². The third-order valence-electron chi connectivity index (χ3n) is 4.24. The number of hydrogen-bond donors (Lipinski definition) is 1. The number of hydrogen-bond acceptors (Lipinski definition) is 6. The summed E-state index contributed by atoms with van der Waals surface area (Å²) < 4.78 is 62.5. The van der Waals surface area contributed by atoms with E-state index in [9.17, 15) is 21.6 Å². The van der Waals surface area contributed by atoms with E-state index in [1.54, 1.807) is 18.0 Å². The molecule has 1 saturated heterocycles. The highest BCUT2D eigenvalue weighted by molar-refractivity contribution is 7.91. The van der Waals surface area contributed by atoms with Crippen molar-refractivity contribution in [3.05, 3.63) is 42.1 Å². The van der Waals surface area contributed by atoms with Crippen LogP contribution in [0.5, 0.6) is 0 Å². The number of rotatable bonds is 4. The number of alkyl halides is 3. The van der Waals surface area contributed by atoms with Crippen LogP contribution in [0.15, 0.2) is 36.5 Å². The molecule has 6 nitrogen and oxygen atoms in total. The van der Waals surface area contributed by atoms with Gasteiger partial charge in [0.05, 0.1) is 22.8 Å². The van der Waals surface area contributed by atoms with Crippen LogP contribution in [0, 0.1) is 0 Å². The Kier molecular flexibility index (Phi) is 4.78. The lowest BCUT2D eigenvalue weighted by Crippen LogP contribution is -2.33. The first-order valence-electron chi connectivity index (χ1n) is 7.85. The summed E-state index contributed by atoms with van der Waals surface area (Å²) in [7, 11) is -1.35. The summed E-state index contributed by atoms with van der Waals surface area (Å²) in [5, 5.41) is 2.59. The number of aromatic nitrogens is 2. The van der Waals surface area contributed by atoms with Crippen LogP contribution in [0.4, 0.5) is 30.6 Å². The fourth-order valence-corrected chi connectivity index (χ4v) is 4.61. The molecule has 1 fully saturated rings. The standard InChI is InChI=1S/C16H17F3N4O2S/c1-23(11-7-9-26(24,25)10-11)14-6-8-20-15(22-14)21-13-5-3-2-4-12(13)16(17,18)19/h2-6,8,11H,7,9-10H2,1H3,(H,20,21,22). The molecule has 3 rings (SSSR count). The van der Waals surface area contributed by atoms with Crippen molar-refractivity contribution in [3.8, 4) is 0 Å². The molecule has 2 heterocycles. The number of halogens is 3. The summed E-state index contributed by atoms with van der Waals surface area (Å²) in [5.41, 5.74) is -0.965. The summed E-state index contributed by atoms with van der Waals surface area (Å²) >= 11 is 0. The van der Waals surface area contributed by atoms with E-state index >= 15 is 0 Å². The van der Waals surface area contributed by atoms with E-state index in [-0.39, 0.29) is 29.2 Å². The van der Waals surface area contributed by atoms with Crippen LogP contribution in [0.3, 0.4) is 0 Å². The Bertz CT molecular complexity index is 902. The van der Waals surface area contributed by atoms with Gasteiger partial charge in [-0.3, -0.25) is 0 Å². The average molecular weight is 386 g/mol. The largest absolute Gasteiger partial charge is 0.418 e. The summed E-state index contributed by atoms with van der Waals surface area (Å²) in [4.78, 5) is 9.90. The van der Waals surface area contributed by atoms with Crippen LogP contribution < -0.4 is 10.2 Å². The molecule has 26 heavy (non-hydrogen) atoms. The molecule has 2 aromatic rings. The van der Waals surface area contributed by atoms with Crippen molar-refractivity contribution in [1.29, 1.82) is 0 Å². The molecule has 1 aliphatic rings. The Hall–Kier alpha value is -2.36. The molecule has 0 saturated carbocycles. The molecule has 0 bridgehead atoms. The van der Waals surface area contributed by atoms with Gasteiger partial charge in [0.1, 0.15) is 5.82 Å². The topological polar surface area (TPSA) is 75.2 Å². The number of para-hydroxylation sites is 1. The fourth-order valence-electron chi connectivity index (χ4n) is 2.83. The zero-order chi connectivity index (χ0) is 18.9. The zero-order valence-electron chi connectivity index (χ0n) is 13.9. The third kappa shape index (κ3) is 4.06. The van der Waals surface area contributed by atoms with Crippen molar-refractivity contribution in [1.82, 2.24) is 9.97 Å². The Morgan fingerprint density at radius 3 is 2.62 bits per heavy atom. The normalized spacial score (nSPS) is 19.3. The predicted octanol–water partition coefficient (Wildman–Crippen LogP) is 2.86. The highest BCUT2D eigenvalue weighted by Crippen LogP contribution is 2.35. The molecule has 0 radical (unpaired) electrons. The third-order valence-corrected chi connectivity index (χ3v) is 5.99. The minimum atomic E-state index is -4.50. The second-order valence-corrected chi connectivity index (χ2v) is 8.30. The second kappa shape index (κ2) is 6.75. The van der Waals surface area contributed by atoms with E-state index in [4.69, 9.17) is 0 Å². The maximum atomic E-state index is 13.1. The molecule has 140 valence electrons. The van der Waals surface area contributed by atoms with Crippen LogP contribution in [-0.2, 0) is 16.0 Å². The number of sulfone groups is 1. The van der Waals surface area contributed by atoms with E-state index in [0.717, 1.165) is 6.07 Å². The Labute approximate surface area is 149 Å². The quantitative estimate of drug-likeness (QED) is 0.871. The van der Waals surface area contributed by atoms with Crippen molar-refractivity contribution < 1.29 is 21.6 Å². The summed E-state index contributed by atoms with van der Waals surface area (Å²) in [6, 6.07) is 6.43. The molecular formula is C16H17F3N4O2S. The molecule has 0 aliphatic carbocycles. The Balaban J connectivity index is 1.83. The predicted molar refractivity (Wildman–Crippen MR) is 92.2 cm³/mol. The van der Waals surface area contributed by atoms with Crippen LogP contribution in [-0.4, -0.2) is 43.0 Å². The SMILES string of the molecule is CN(c1ccnc(Nc2ccccc2C(F)(F)F)n1)C1CCS(=O)(=O)C1. The average Bonchev–Trinajstić information content (AvgIpc) is 2.94. The van der Waals surface area contributed by atoms with Gasteiger partial charge in [-0.2, -0.15) is 18.2 Å². The van der Waals surface area contributed by atoms with E-state index < -0.39 is 21.6 Å². The van der Waals surface area contributed by atoms with E-state index in [1.807, 2.05) is 0 Å². The van der Waals surface area contributed by atoms with Gasteiger partial charge in [-0.15, -0.1) is 0 Å². The van der Waals surface area contributed by atoms with Crippen LogP contribution in [0.25, 0.3) is 0 Å². The van der Waals surface area contributed by atoms with Crippen molar-refractivity contribution in [2.45, 2.75) is 18.6 Å². The molecule has 0 amide bonds. The molecule has 1 aromatic heterocycles. The maximum absolute atomic E-state index is 13.1. The van der Waals surface area contributed by atoms with Gasteiger partial charge in [0.15, 0.2) is 9.84 Å². The molecule has 1 unspecified atom stereocenters. The molecule has 1 aliphatic heterocycles. The minimum absolute atomic E-state index is 0.00639. The van der Waals surface area contributed by atoms with E-state index in [2.05, 4.69) is 15.3 Å². The van der Waals surface area contributed by atoms with Gasteiger partial charge in [-0.1, -0.05) is 12.1 Å². The number of nitrogens with zero attached hydrogens (tertiary/aromatic N) is 3. The van der Waals surface area contributed by atoms with Crippen LogP contribution in [0.2, 0.25) is 0 Å². The van der Waals surface area contributed by atoms with Gasteiger partial charge in [0.25, 0.3) is 0 Å². The molecule has 1 aromatic carbocycles. The number of anilines is 3. The maximum Gasteiger partial charge on any atom is 0.418 e. The summed E-state index contributed by atoms with van der Waals surface area (Å²) in [6.07, 6.45) is -2.60. The summed E-state index contributed by atoms with van der Waals surface area (Å²) in [6.45, 7) is 0. The first-order chi connectivity index (χ1) is 12.2. The monoisotopic (exact) mass is 386 g/mol. The molecular weight excluding hydrogens is 369 g/mol. The van der Waals surface area contributed by atoms with Gasteiger partial charge >= 0.3 is 6.18 Å². The molecule has 10 heteroatoms. The van der Waals surface area contributed by atoms with Crippen LogP contribution >= 0.6 is 0 Å². The van der Waals surface area contributed by atoms with Gasteiger partial charge in [-0.25, -0.2) is 13.4 Å². The first kappa shape index (κ1) is 18.4. The molecule has 1 atom stereocenters. The van der Waals surface area contributed by atoms with Gasteiger partial charge in [0, 0.05) is 19.3 Å². The van der Waals surface area contributed by atoms with Crippen molar-refractivity contribution in [2.24, 2.45) is 0 Å². The molecule has 1 N–H and O–H groups in total. The molecule has 0 spiro atoms. The summed E-state index contributed by atoms with van der Waals surface area (Å²) in [5.74, 6) is 0.602. The second-order valence-electron chi connectivity index (χ2n) is 6.07. The Morgan fingerprint density at radius 2 is 1.96 bits per heavy atom. The van der Waals surface area contributed by atoms with Crippen molar-refractivity contribution in [2.75, 3.05) is 28.8 Å². The smallest absolute Gasteiger partial charge is 0.355 e. The van der Waals surface area contributed by atoms with Crippen molar-refractivity contribution in [3.63, 3.8) is 0 Å². The van der Waals surface area contributed by atoms with Gasteiger partial charge in [0.2, 0.25) is 5.95 Å². The van der Waals surface area contributed by atoms with Gasteiger partial charge < -0.3 is 10.2 Å². The lowest BCUT2D eigenvalue weighted by atomic mass is 10.1. The first-order valence-corrected chi connectivity index (χ1v) is 9.67. The lowest BCUT2D eigenvalue weighted by molar-refractivity contribution is -0.136. The zero-order valence-corrected chi connectivity index (χ0v) is 14.7. The lowest BCUT2D eigenvalue weighted by Gasteiger charge is -2.24. The number of benzene rings is 1. The minimum Gasteiger partial charge on any atom is -0.355 e. The van der Waals surface area contributed by atoms with Crippen molar-refractivity contribution >= 4 is 27.3 Å². The van der Waals surface area contributed by atoms with Crippen LogP contribution in [0.1, 0.15) is 12.0 Å². The Morgan fingerprint density at radius 1 is 1.23 bits per heavy atom. The van der Waals surface area contributed by atoms with Gasteiger partial charge in [-0.05, 0) is 24.6 Å². The highest BCUT2D eigenvalue weighted by atomic mass is 32.2.